The summed E-state index contributed by atoms with van der Waals surface area (Å²) in [5, 5.41) is 22.7. The minimum Gasteiger partial charge on any atom is -0.499 e. The lowest BCUT2D eigenvalue weighted by Gasteiger charge is -2.30. The van der Waals surface area contributed by atoms with E-state index in [1.165, 1.54) is 6.26 Å². The molecule has 1 aromatic carbocycles. The number of ether oxygens (including phenoxy) is 4. The van der Waals surface area contributed by atoms with Gasteiger partial charge in [-0.25, -0.2) is 4.79 Å². The molecule has 0 spiro atoms. The minimum absolute atomic E-state index is 0.0152. The van der Waals surface area contributed by atoms with E-state index in [0.717, 1.165) is 0 Å². The summed E-state index contributed by atoms with van der Waals surface area (Å²) in [4.78, 5) is 37.3. The number of hydrogen-bond acceptors (Lipinski definition) is 9. The van der Waals surface area contributed by atoms with Crippen molar-refractivity contribution in [3.05, 3.63) is 53.3 Å². The summed E-state index contributed by atoms with van der Waals surface area (Å²) >= 11 is 0. The van der Waals surface area contributed by atoms with Gasteiger partial charge in [0.2, 0.25) is 11.8 Å². The van der Waals surface area contributed by atoms with E-state index < -0.39 is 24.3 Å². The lowest BCUT2D eigenvalue weighted by Crippen LogP contribution is -2.43. The first kappa shape index (κ1) is 26.4. The zero-order chi connectivity index (χ0) is 25.0. The third-order valence-electron chi connectivity index (χ3n) is 5.35. The lowest BCUT2D eigenvalue weighted by atomic mass is 9.91. The molecule has 0 aromatic heterocycles. The van der Waals surface area contributed by atoms with Gasteiger partial charge in [-0.3, -0.25) is 9.59 Å². The Morgan fingerprint density at radius 3 is 2.71 bits per heavy atom. The Bertz CT molecular complexity index is 947. The van der Waals surface area contributed by atoms with E-state index in [2.05, 4.69) is 10.6 Å². The number of esters is 1. The molecule has 190 valence electrons. The molecule has 2 aliphatic rings. The maximum absolute atomic E-state index is 13.0. The second-order valence-electron chi connectivity index (χ2n) is 7.78. The van der Waals surface area contributed by atoms with Crippen LogP contribution >= 0.6 is 0 Å². The van der Waals surface area contributed by atoms with Crippen LogP contribution in [0, 0.1) is 0 Å². The first-order valence-corrected chi connectivity index (χ1v) is 11.3. The number of carbonyl (C=O) groups is 3. The van der Waals surface area contributed by atoms with Crippen LogP contribution in [-0.4, -0.2) is 86.0 Å². The van der Waals surface area contributed by atoms with Crippen LogP contribution in [-0.2, 0) is 28.5 Å². The van der Waals surface area contributed by atoms with Gasteiger partial charge in [0.1, 0.15) is 31.7 Å². The third kappa shape index (κ3) is 7.62. The van der Waals surface area contributed by atoms with Gasteiger partial charge in [-0.05, 0) is 23.8 Å². The van der Waals surface area contributed by atoms with Crippen LogP contribution in [0.4, 0.5) is 0 Å². The summed E-state index contributed by atoms with van der Waals surface area (Å²) in [5.74, 6) is -1.26. The first-order chi connectivity index (χ1) is 17.0. The number of nitrogens with one attached hydrogen (secondary N) is 2. The van der Waals surface area contributed by atoms with Crippen LogP contribution in [0.2, 0.25) is 0 Å². The number of benzene rings is 1. The van der Waals surface area contributed by atoms with Crippen molar-refractivity contribution in [3.63, 3.8) is 0 Å². The standard InChI is InChI=1S/C24H30N2O9/c27-9-8-25-21(29)5-7-26-23(30)17-13-19-22(34-15-33-19)20(14-17)35-24(31)18-4-2-1-3-16(18)6-11-32-12-10-28/h1-4,6,11,13,19-20,22,27-28H,5,7-10,12,14-15H2,(H,25,29)(H,26,30)/t19-,20-,22-/m1/s1. The molecule has 0 unspecified atom stereocenters. The van der Waals surface area contributed by atoms with Crippen molar-refractivity contribution in [2.24, 2.45) is 0 Å². The molecule has 1 fully saturated rings. The maximum Gasteiger partial charge on any atom is 0.339 e. The van der Waals surface area contributed by atoms with Gasteiger partial charge in [0.25, 0.3) is 0 Å². The molecule has 3 atom stereocenters. The van der Waals surface area contributed by atoms with Crippen LogP contribution in [0.25, 0.3) is 6.08 Å². The van der Waals surface area contributed by atoms with Crippen LogP contribution in [0.5, 0.6) is 0 Å². The zero-order valence-corrected chi connectivity index (χ0v) is 19.2. The van der Waals surface area contributed by atoms with E-state index in [4.69, 9.17) is 29.2 Å². The first-order valence-electron chi connectivity index (χ1n) is 11.3. The molecule has 1 saturated heterocycles. The summed E-state index contributed by atoms with van der Waals surface area (Å²) in [5.41, 5.74) is 1.25. The Hall–Kier alpha value is -3.25. The van der Waals surface area contributed by atoms with Crippen molar-refractivity contribution < 1.29 is 43.5 Å². The molecule has 0 bridgehead atoms. The fourth-order valence-electron chi connectivity index (χ4n) is 3.68. The van der Waals surface area contributed by atoms with Crippen LogP contribution in [0.1, 0.15) is 28.8 Å². The average molecular weight is 491 g/mol. The van der Waals surface area contributed by atoms with Gasteiger partial charge in [0.15, 0.2) is 0 Å². The molecule has 11 heteroatoms. The summed E-state index contributed by atoms with van der Waals surface area (Å²) in [6.07, 6.45) is 2.98. The van der Waals surface area contributed by atoms with Crippen LogP contribution < -0.4 is 10.6 Å². The predicted octanol–water partition coefficient (Wildman–Crippen LogP) is -0.122. The van der Waals surface area contributed by atoms with E-state index >= 15 is 0 Å². The highest BCUT2D eigenvalue weighted by Crippen LogP contribution is 2.31. The summed E-state index contributed by atoms with van der Waals surface area (Å²) < 4.78 is 22.0. The number of rotatable bonds is 12. The molecule has 11 nitrogen and oxygen atoms in total. The normalized spacial score (nSPS) is 21.2. The van der Waals surface area contributed by atoms with Crippen molar-refractivity contribution in [2.45, 2.75) is 31.2 Å². The number of hydrogen-bond donors (Lipinski definition) is 4. The quantitative estimate of drug-likeness (QED) is 0.178. The van der Waals surface area contributed by atoms with Gasteiger partial charge >= 0.3 is 5.97 Å². The molecule has 0 radical (unpaired) electrons. The highest BCUT2D eigenvalue weighted by atomic mass is 16.7. The van der Waals surface area contributed by atoms with Gasteiger partial charge in [0.05, 0.1) is 25.0 Å². The van der Waals surface area contributed by atoms with E-state index in [1.54, 1.807) is 36.4 Å². The molecular weight excluding hydrogens is 460 g/mol. The average Bonchev–Trinajstić information content (AvgIpc) is 3.34. The summed E-state index contributed by atoms with van der Waals surface area (Å²) in [7, 11) is 0. The Morgan fingerprint density at radius 2 is 1.91 bits per heavy atom. The van der Waals surface area contributed by atoms with Crippen LogP contribution in [0.3, 0.4) is 0 Å². The highest BCUT2D eigenvalue weighted by Gasteiger charge is 2.42. The maximum atomic E-state index is 13.0. The number of fused-ring (bicyclic) bond motifs is 1. The van der Waals surface area contributed by atoms with Crippen molar-refractivity contribution in [3.8, 4) is 0 Å². The van der Waals surface area contributed by atoms with Crippen molar-refractivity contribution in [1.82, 2.24) is 10.6 Å². The minimum atomic E-state index is -0.753. The second-order valence-corrected chi connectivity index (χ2v) is 7.78. The largest absolute Gasteiger partial charge is 0.499 e. The summed E-state index contributed by atoms with van der Waals surface area (Å²) in [6, 6.07) is 6.81. The van der Waals surface area contributed by atoms with Crippen molar-refractivity contribution in [2.75, 3.05) is 39.7 Å². The molecule has 2 amide bonds. The Morgan fingerprint density at radius 1 is 1.09 bits per heavy atom. The Labute approximate surface area is 202 Å². The van der Waals surface area contributed by atoms with E-state index in [0.29, 0.717) is 16.7 Å². The number of aliphatic hydroxyl groups is 2. The third-order valence-corrected chi connectivity index (χ3v) is 5.35. The molecule has 0 saturated carbocycles. The molecule has 35 heavy (non-hydrogen) atoms. The van der Waals surface area contributed by atoms with E-state index in [9.17, 15) is 14.4 Å². The molecular formula is C24H30N2O9. The van der Waals surface area contributed by atoms with E-state index in [1.807, 2.05) is 0 Å². The Kier molecular flexibility index (Phi) is 10.2. The number of aliphatic hydroxyl groups excluding tert-OH is 2. The smallest absolute Gasteiger partial charge is 0.339 e. The monoisotopic (exact) mass is 490 g/mol. The van der Waals surface area contributed by atoms with Crippen LogP contribution in [0.15, 0.2) is 42.2 Å². The van der Waals surface area contributed by atoms with Crippen molar-refractivity contribution >= 4 is 23.9 Å². The zero-order valence-electron chi connectivity index (χ0n) is 19.2. The van der Waals surface area contributed by atoms with Gasteiger partial charge in [-0.15, -0.1) is 0 Å². The number of carbonyl (C=O) groups excluding carboxylic acids is 3. The molecule has 1 aromatic rings. The fraction of sp³-hybridized carbons (Fsp3) is 0.458. The van der Waals surface area contributed by atoms with E-state index in [-0.39, 0.29) is 64.4 Å². The SMILES string of the molecule is O=C(CCNC(=O)C1=C[C@H]2OCO[C@H]2[C@H](OC(=O)c2ccccc2C=COCCO)C1)NCCO. The predicted molar refractivity (Wildman–Crippen MR) is 123 cm³/mol. The molecule has 3 rings (SSSR count). The van der Waals surface area contributed by atoms with Gasteiger partial charge in [-0.1, -0.05) is 18.2 Å². The highest BCUT2D eigenvalue weighted by molar-refractivity contribution is 5.95. The summed E-state index contributed by atoms with van der Waals surface area (Å²) in [6.45, 7) is 0.132. The van der Waals surface area contributed by atoms with Crippen molar-refractivity contribution in [1.29, 1.82) is 0 Å². The molecule has 4 N–H and O–H groups in total. The molecule has 1 aliphatic carbocycles. The fourth-order valence-corrected chi connectivity index (χ4v) is 3.68. The Balaban J connectivity index is 1.62. The number of amides is 2. The van der Waals surface area contributed by atoms with Gasteiger partial charge in [0, 0.05) is 31.5 Å². The van der Waals surface area contributed by atoms with Gasteiger partial charge in [-0.2, -0.15) is 0 Å². The topological polar surface area (TPSA) is 153 Å². The lowest BCUT2D eigenvalue weighted by molar-refractivity contribution is -0.121. The molecule has 1 heterocycles. The second kappa shape index (κ2) is 13.6. The molecule has 1 aliphatic heterocycles. The van der Waals surface area contributed by atoms with Gasteiger partial charge < -0.3 is 39.8 Å².